The maximum absolute atomic E-state index is 12.5. The van der Waals surface area contributed by atoms with E-state index in [1.165, 1.54) is 0 Å². The summed E-state index contributed by atoms with van der Waals surface area (Å²) in [6.07, 6.45) is 0. The first-order valence-electron chi connectivity index (χ1n) is 8.80. The van der Waals surface area contributed by atoms with Crippen molar-refractivity contribution < 1.29 is 14.3 Å². The fourth-order valence-corrected chi connectivity index (χ4v) is 2.57. The Hall–Kier alpha value is -3.74. The molecule has 28 heavy (non-hydrogen) atoms. The molecule has 0 aliphatic rings. The Kier molecular flexibility index (Phi) is 5.96. The van der Waals surface area contributed by atoms with Gasteiger partial charge in [0.15, 0.2) is 11.5 Å². The maximum Gasteiger partial charge on any atom is 0.340 e. The number of para-hydroxylation sites is 2. The van der Waals surface area contributed by atoms with Gasteiger partial charge in [-0.3, -0.25) is 4.79 Å². The van der Waals surface area contributed by atoms with Crippen molar-refractivity contribution in [2.24, 2.45) is 0 Å². The van der Waals surface area contributed by atoms with E-state index in [4.69, 9.17) is 4.74 Å². The third kappa shape index (κ3) is 4.32. The van der Waals surface area contributed by atoms with E-state index in [-0.39, 0.29) is 17.9 Å². The van der Waals surface area contributed by atoms with Crippen LogP contribution in [0.1, 0.15) is 27.8 Å². The molecule has 1 heterocycles. The predicted molar refractivity (Wildman–Crippen MR) is 107 cm³/mol. The number of amides is 1. The molecule has 0 atom stereocenters. The van der Waals surface area contributed by atoms with Gasteiger partial charge in [0.05, 0.1) is 17.9 Å². The molecule has 1 N–H and O–H groups in total. The maximum atomic E-state index is 12.5. The van der Waals surface area contributed by atoms with Crippen molar-refractivity contribution in [2.45, 2.75) is 6.92 Å². The minimum absolute atomic E-state index is 0.142. The number of rotatable bonds is 6. The molecule has 0 bridgehead atoms. The second kappa shape index (κ2) is 8.77. The molecule has 3 aromatic rings. The number of hydrogen-bond acceptors (Lipinski definition) is 6. The Morgan fingerprint density at radius 3 is 2.36 bits per heavy atom. The molecule has 142 valence electrons. The molecule has 2 aromatic carbocycles. The highest BCUT2D eigenvalue weighted by molar-refractivity contribution is 6.07. The topological polar surface area (TPSA) is 84.4 Å². The van der Waals surface area contributed by atoms with Crippen LogP contribution < -0.4 is 10.2 Å². The SMILES string of the molecule is CCOC(=O)c1ccccc1NC(=O)c1ccc(N(C)c2ccccc2)nn1. The van der Waals surface area contributed by atoms with E-state index < -0.39 is 11.9 Å². The Labute approximate surface area is 163 Å². The van der Waals surface area contributed by atoms with Gasteiger partial charge in [-0.15, -0.1) is 10.2 Å². The third-order valence-corrected chi connectivity index (χ3v) is 4.04. The summed E-state index contributed by atoms with van der Waals surface area (Å²) in [5.74, 6) is -0.350. The number of esters is 1. The van der Waals surface area contributed by atoms with E-state index in [9.17, 15) is 9.59 Å². The van der Waals surface area contributed by atoms with Crippen LogP contribution in [0, 0.1) is 0 Å². The van der Waals surface area contributed by atoms with Crippen molar-refractivity contribution in [3.05, 3.63) is 78.0 Å². The van der Waals surface area contributed by atoms with Crippen molar-refractivity contribution in [1.82, 2.24) is 10.2 Å². The summed E-state index contributed by atoms with van der Waals surface area (Å²) in [5, 5.41) is 10.8. The van der Waals surface area contributed by atoms with Gasteiger partial charge >= 0.3 is 5.97 Å². The molecule has 0 aliphatic heterocycles. The molecule has 0 saturated heterocycles. The molecule has 3 rings (SSSR count). The van der Waals surface area contributed by atoms with Gasteiger partial charge in [-0.1, -0.05) is 30.3 Å². The monoisotopic (exact) mass is 376 g/mol. The van der Waals surface area contributed by atoms with Crippen LogP contribution in [0.2, 0.25) is 0 Å². The van der Waals surface area contributed by atoms with Gasteiger partial charge in [-0.2, -0.15) is 0 Å². The summed E-state index contributed by atoms with van der Waals surface area (Å²) in [6.45, 7) is 1.98. The first-order chi connectivity index (χ1) is 13.6. The van der Waals surface area contributed by atoms with E-state index in [1.54, 1.807) is 43.3 Å². The van der Waals surface area contributed by atoms with Gasteiger partial charge in [-0.05, 0) is 43.3 Å². The average Bonchev–Trinajstić information content (AvgIpc) is 2.74. The zero-order chi connectivity index (χ0) is 19.9. The quantitative estimate of drug-likeness (QED) is 0.661. The number of carbonyl (C=O) groups is 2. The molecule has 0 aliphatic carbocycles. The molecule has 1 aromatic heterocycles. The average molecular weight is 376 g/mol. The summed E-state index contributed by atoms with van der Waals surface area (Å²) in [4.78, 5) is 26.4. The van der Waals surface area contributed by atoms with Gasteiger partial charge in [0.2, 0.25) is 0 Å². The Balaban J connectivity index is 1.75. The number of nitrogens with zero attached hydrogens (tertiary/aromatic N) is 3. The number of carbonyl (C=O) groups excluding carboxylic acids is 2. The highest BCUT2D eigenvalue weighted by Crippen LogP contribution is 2.21. The number of benzene rings is 2. The highest BCUT2D eigenvalue weighted by atomic mass is 16.5. The lowest BCUT2D eigenvalue weighted by molar-refractivity contribution is 0.0527. The van der Waals surface area contributed by atoms with Gasteiger partial charge in [0.25, 0.3) is 5.91 Å². The van der Waals surface area contributed by atoms with E-state index in [0.717, 1.165) is 5.69 Å². The van der Waals surface area contributed by atoms with Crippen molar-refractivity contribution in [2.75, 3.05) is 23.9 Å². The summed E-state index contributed by atoms with van der Waals surface area (Å²) < 4.78 is 5.02. The first-order valence-corrected chi connectivity index (χ1v) is 8.80. The minimum Gasteiger partial charge on any atom is -0.462 e. The standard InChI is InChI=1S/C21H20N4O3/c1-3-28-21(27)16-11-7-8-12-17(16)22-20(26)18-13-14-19(24-23-18)25(2)15-9-5-4-6-10-15/h4-14H,3H2,1-2H3,(H,22,26). The molecule has 0 radical (unpaired) electrons. The Morgan fingerprint density at radius 2 is 1.68 bits per heavy atom. The van der Waals surface area contributed by atoms with Gasteiger partial charge in [0.1, 0.15) is 0 Å². The smallest absolute Gasteiger partial charge is 0.340 e. The van der Waals surface area contributed by atoms with Crippen LogP contribution in [0.4, 0.5) is 17.2 Å². The Morgan fingerprint density at radius 1 is 0.964 bits per heavy atom. The van der Waals surface area contributed by atoms with Crippen LogP contribution >= 0.6 is 0 Å². The van der Waals surface area contributed by atoms with Crippen LogP contribution in [0.25, 0.3) is 0 Å². The van der Waals surface area contributed by atoms with Crippen LogP contribution in [0.15, 0.2) is 66.7 Å². The fourth-order valence-electron chi connectivity index (χ4n) is 2.57. The van der Waals surface area contributed by atoms with Gasteiger partial charge < -0.3 is 15.0 Å². The largest absolute Gasteiger partial charge is 0.462 e. The molecule has 0 unspecified atom stereocenters. The molecule has 1 amide bonds. The number of ether oxygens (including phenoxy) is 1. The third-order valence-electron chi connectivity index (χ3n) is 4.04. The van der Waals surface area contributed by atoms with Crippen LogP contribution in [-0.2, 0) is 4.74 Å². The molecule has 7 nitrogen and oxygen atoms in total. The van der Waals surface area contributed by atoms with E-state index >= 15 is 0 Å². The number of aromatic nitrogens is 2. The molecular formula is C21H20N4O3. The number of anilines is 3. The molecule has 0 spiro atoms. The summed E-state index contributed by atoms with van der Waals surface area (Å²) in [7, 11) is 1.87. The van der Waals surface area contributed by atoms with Gasteiger partial charge in [0, 0.05) is 12.7 Å². The van der Waals surface area contributed by atoms with Gasteiger partial charge in [-0.25, -0.2) is 4.79 Å². The second-order valence-electron chi connectivity index (χ2n) is 5.89. The molecule has 0 saturated carbocycles. The zero-order valence-corrected chi connectivity index (χ0v) is 15.6. The fraction of sp³-hybridized carbons (Fsp3) is 0.143. The van der Waals surface area contributed by atoms with Crippen LogP contribution in [0.5, 0.6) is 0 Å². The van der Waals surface area contributed by atoms with E-state index in [0.29, 0.717) is 11.5 Å². The zero-order valence-electron chi connectivity index (χ0n) is 15.6. The summed E-state index contributed by atoms with van der Waals surface area (Å²) >= 11 is 0. The predicted octanol–water partition coefficient (Wildman–Crippen LogP) is 3.67. The summed E-state index contributed by atoms with van der Waals surface area (Å²) in [6, 6.07) is 19.7. The Bertz CT molecular complexity index is 959. The van der Waals surface area contributed by atoms with Crippen molar-refractivity contribution >= 4 is 29.1 Å². The second-order valence-corrected chi connectivity index (χ2v) is 5.89. The van der Waals surface area contributed by atoms with E-state index in [1.807, 2.05) is 42.3 Å². The lowest BCUT2D eigenvalue weighted by Gasteiger charge is -2.17. The highest BCUT2D eigenvalue weighted by Gasteiger charge is 2.16. The normalized spacial score (nSPS) is 10.2. The number of nitrogens with one attached hydrogen (secondary N) is 1. The lowest BCUT2D eigenvalue weighted by atomic mass is 10.1. The van der Waals surface area contributed by atoms with Crippen LogP contribution in [0.3, 0.4) is 0 Å². The van der Waals surface area contributed by atoms with Crippen molar-refractivity contribution in [1.29, 1.82) is 0 Å². The summed E-state index contributed by atoms with van der Waals surface area (Å²) in [5.41, 5.74) is 1.74. The van der Waals surface area contributed by atoms with E-state index in [2.05, 4.69) is 15.5 Å². The minimum atomic E-state index is -0.496. The first kappa shape index (κ1) is 19.0. The molecular weight excluding hydrogens is 356 g/mol. The molecule has 7 heteroatoms. The van der Waals surface area contributed by atoms with Crippen molar-refractivity contribution in [3.63, 3.8) is 0 Å². The number of hydrogen-bond donors (Lipinski definition) is 1. The lowest BCUT2D eigenvalue weighted by Crippen LogP contribution is -2.18. The van der Waals surface area contributed by atoms with Crippen molar-refractivity contribution in [3.8, 4) is 0 Å². The molecule has 0 fully saturated rings. The van der Waals surface area contributed by atoms with Crippen LogP contribution in [-0.4, -0.2) is 35.7 Å².